The third kappa shape index (κ3) is 5.01. The Morgan fingerprint density at radius 2 is 1.95 bits per heavy atom. The molecule has 19 heavy (non-hydrogen) atoms. The maximum absolute atomic E-state index is 10.8. The first kappa shape index (κ1) is 15.7. The third-order valence-electron chi connectivity index (χ3n) is 3.49. The van der Waals surface area contributed by atoms with Crippen molar-refractivity contribution in [1.82, 2.24) is 10.6 Å². The molecule has 1 aromatic carbocycles. The second-order valence-electron chi connectivity index (χ2n) is 4.86. The van der Waals surface area contributed by atoms with Crippen LogP contribution in [0.3, 0.4) is 0 Å². The lowest BCUT2D eigenvalue weighted by Crippen LogP contribution is -2.42. The molecule has 0 bridgehead atoms. The molecule has 0 aliphatic rings. The van der Waals surface area contributed by atoms with Crippen molar-refractivity contribution in [3.63, 3.8) is 0 Å². The largest absolute Gasteiger partial charge is 0.480 e. The Balaban J connectivity index is 2.44. The Labute approximate surface area is 115 Å². The highest BCUT2D eigenvalue weighted by molar-refractivity contribution is 5.73. The summed E-state index contributed by atoms with van der Waals surface area (Å²) >= 11 is 0. The summed E-state index contributed by atoms with van der Waals surface area (Å²) < 4.78 is 0. The van der Waals surface area contributed by atoms with E-state index in [9.17, 15) is 4.79 Å². The lowest BCUT2D eigenvalue weighted by Gasteiger charge is -2.13. The first-order valence-corrected chi connectivity index (χ1v) is 6.78. The van der Waals surface area contributed by atoms with Gasteiger partial charge in [-0.25, -0.2) is 0 Å². The Bertz CT molecular complexity index is 390. The Morgan fingerprint density at radius 1 is 1.32 bits per heavy atom. The fraction of sp³-hybridized carbons (Fsp3) is 0.533. The van der Waals surface area contributed by atoms with Crippen LogP contribution in [0.4, 0.5) is 0 Å². The van der Waals surface area contributed by atoms with Gasteiger partial charge in [0.15, 0.2) is 0 Å². The maximum atomic E-state index is 10.8. The molecule has 4 heteroatoms. The second kappa shape index (κ2) is 7.92. The van der Waals surface area contributed by atoms with Gasteiger partial charge < -0.3 is 15.7 Å². The molecule has 3 N–H and O–H groups in total. The molecule has 0 aliphatic heterocycles. The van der Waals surface area contributed by atoms with Crippen LogP contribution >= 0.6 is 0 Å². The number of rotatable bonds is 8. The molecule has 0 aliphatic carbocycles. The Kier molecular flexibility index (Phi) is 6.53. The summed E-state index contributed by atoms with van der Waals surface area (Å²) in [5.74, 6) is -0.246. The molecule has 2 atom stereocenters. The first-order chi connectivity index (χ1) is 9.08. The van der Waals surface area contributed by atoms with Crippen molar-refractivity contribution in [3.8, 4) is 0 Å². The van der Waals surface area contributed by atoms with Gasteiger partial charge in [0.25, 0.3) is 0 Å². The molecule has 2 unspecified atom stereocenters. The summed E-state index contributed by atoms with van der Waals surface area (Å²) in [7, 11) is 1.65. The number of likely N-dealkylation sites (N-methyl/N-ethyl adjacent to an activating group) is 1. The van der Waals surface area contributed by atoms with Crippen LogP contribution in [0.1, 0.15) is 37.3 Å². The van der Waals surface area contributed by atoms with E-state index in [1.54, 1.807) is 7.05 Å². The average Bonchev–Trinajstić information content (AvgIpc) is 2.43. The molecule has 0 spiro atoms. The van der Waals surface area contributed by atoms with Gasteiger partial charge in [0.2, 0.25) is 0 Å². The van der Waals surface area contributed by atoms with Gasteiger partial charge in [0.05, 0.1) is 0 Å². The van der Waals surface area contributed by atoms with Crippen LogP contribution in [0.15, 0.2) is 24.3 Å². The van der Waals surface area contributed by atoms with Gasteiger partial charge in [0.1, 0.15) is 6.04 Å². The quantitative estimate of drug-likeness (QED) is 0.672. The van der Waals surface area contributed by atoms with E-state index >= 15 is 0 Å². The Hall–Kier alpha value is -1.39. The summed E-state index contributed by atoms with van der Waals surface area (Å²) in [6.07, 6.45) is 1.14. The molecule has 0 radical (unpaired) electrons. The van der Waals surface area contributed by atoms with Gasteiger partial charge in [-0.1, -0.05) is 38.1 Å². The third-order valence-corrected chi connectivity index (χ3v) is 3.49. The molecule has 4 nitrogen and oxygen atoms in total. The van der Waals surface area contributed by atoms with Crippen LogP contribution in [0.25, 0.3) is 0 Å². The van der Waals surface area contributed by atoms with Gasteiger partial charge in [-0.15, -0.1) is 0 Å². The van der Waals surface area contributed by atoms with E-state index in [0.717, 1.165) is 6.42 Å². The minimum absolute atomic E-state index is 0.416. The van der Waals surface area contributed by atoms with E-state index in [2.05, 4.69) is 48.7 Å². The van der Waals surface area contributed by atoms with Crippen molar-refractivity contribution in [2.45, 2.75) is 38.8 Å². The van der Waals surface area contributed by atoms with Gasteiger partial charge >= 0.3 is 5.97 Å². The number of carboxylic acids is 1. The SMILES string of the molecule is CCC(C)c1ccc(CNCC(NC)C(=O)O)cc1. The predicted octanol–water partition coefficient (Wildman–Crippen LogP) is 1.96. The molecule has 0 amide bonds. The van der Waals surface area contributed by atoms with Crippen molar-refractivity contribution >= 4 is 5.97 Å². The van der Waals surface area contributed by atoms with Crippen LogP contribution in [0, 0.1) is 0 Å². The normalized spacial score (nSPS) is 14.1. The molecule has 1 aromatic rings. The summed E-state index contributed by atoms with van der Waals surface area (Å²) in [4.78, 5) is 10.8. The monoisotopic (exact) mass is 264 g/mol. The van der Waals surface area contributed by atoms with Crippen LogP contribution < -0.4 is 10.6 Å². The summed E-state index contributed by atoms with van der Waals surface area (Å²) in [6.45, 7) is 5.51. The minimum atomic E-state index is -0.831. The average molecular weight is 264 g/mol. The van der Waals surface area contributed by atoms with E-state index in [-0.39, 0.29) is 0 Å². The highest BCUT2D eigenvalue weighted by atomic mass is 16.4. The fourth-order valence-corrected chi connectivity index (χ4v) is 1.87. The molecule has 0 saturated heterocycles. The molecule has 106 valence electrons. The fourth-order valence-electron chi connectivity index (χ4n) is 1.87. The van der Waals surface area contributed by atoms with E-state index in [1.807, 2.05) is 0 Å². The highest BCUT2D eigenvalue weighted by Gasteiger charge is 2.13. The van der Waals surface area contributed by atoms with Gasteiger partial charge in [-0.2, -0.15) is 0 Å². The number of carboxylic acid groups (broad SMARTS) is 1. The Morgan fingerprint density at radius 3 is 2.42 bits per heavy atom. The number of hydrogen-bond acceptors (Lipinski definition) is 3. The number of hydrogen-bond donors (Lipinski definition) is 3. The maximum Gasteiger partial charge on any atom is 0.322 e. The van der Waals surface area contributed by atoms with Crippen molar-refractivity contribution in [2.24, 2.45) is 0 Å². The topological polar surface area (TPSA) is 61.4 Å². The van der Waals surface area contributed by atoms with Crippen molar-refractivity contribution in [2.75, 3.05) is 13.6 Å². The van der Waals surface area contributed by atoms with Crippen LogP contribution in [-0.2, 0) is 11.3 Å². The minimum Gasteiger partial charge on any atom is -0.480 e. The van der Waals surface area contributed by atoms with E-state index in [4.69, 9.17) is 5.11 Å². The van der Waals surface area contributed by atoms with Crippen LogP contribution in [0.2, 0.25) is 0 Å². The molecule has 0 heterocycles. The van der Waals surface area contributed by atoms with Crippen molar-refractivity contribution in [1.29, 1.82) is 0 Å². The molecular formula is C15H24N2O2. The number of carbonyl (C=O) groups is 1. The molecule has 0 aromatic heterocycles. The second-order valence-corrected chi connectivity index (χ2v) is 4.86. The zero-order valence-electron chi connectivity index (χ0n) is 11.9. The summed E-state index contributed by atoms with van der Waals surface area (Å²) in [5, 5.41) is 14.8. The van der Waals surface area contributed by atoms with E-state index in [1.165, 1.54) is 11.1 Å². The summed E-state index contributed by atoms with van der Waals surface area (Å²) in [6, 6.07) is 7.96. The first-order valence-electron chi connectivity index (χ1n) is 6.78. The number of benzene rings is 1. The summed E-state index contributed by atoms with van der Waals surface area (Å²) in [5.41, 5.74) is 2.53. The standard InChI is InChI=1S/C15H24N2O2/c1-4-11(2)13-7-5-12(6-8-13)9-17-10-14(16-3)15(18)19/h5-8,11,14,16-17H,4,9-10H2,1-3H3,(H,18,19). The van der Waals surface area contributed by atoms with Gasteiger partial charge in [-0.05, 0) is 30.5 Å². The number of aliphatic carboxylic acids is 1. The predicted molar refractivity (Wildman–Crippen MR) is 77.3 cm³/mol. The zero-order chi connectivity index (χ0) is 14.3. The van der Waals surface area contributed by atoms with Crippen molar-refractivity contribution in [3.05, 3.63) is 35.4 Å². The smallest absolute Gasteiger partial charge is 0.322 e. The van der Waals surface area contributed by atoms with Crippen LogP contribution in [-0.4, -0.2) is 30.7 Å². The van der Waals surface area contributed by atoms with E-state index < -0.39 is 12.0 Å². The van der Waals surface area contributed by atoms with Gasteiger partial charge in [-0.3, -0.25) is 4.79 Å². The van der Waals surface area contributed by atoms with Crippen molar-refractivity contribution < 1.29 is 9.90 Å². The molecular weight excluding hydrogens is 240 g/mol. The lowest BCUT2D eigenvalue weighted by molar-refractivity contribution is -0.139. The molecule has 0 fully saturated rings. The number of nitrogens with one attached hydrogen (secondary N) is 2. The lowest BCUT2D eigenvalue weighted by atomic mass is 9.98. The zero-order valence-corrected chi connectivity index (χ0v) is 11.9. The van der Waals surface area contributed by atoms with Gasteiger partial charge in [0, 0.05) is 13.1 Å². The molecule has 1 rings (SSSR count). The van der Waals surface area contributed by atoms with Crippen LogP contribution in [0.5, 0.6) is 0 Å². The van der Waals surface area contributed by atoms with E-state index in [0.29, 0.717) is 19.0 Å². The highest BCUT2D eigenvalue weighted by Crippen LogP contribution is 2.18. The molecule has 0 saturated carbocycles.